The average Bonchev–Trinajstić information content (AvgIpc) is 2.38. The van der Waals surface area contributed by atoms with E-state index in [1.807, 2.05) is 18.2 Å². The minimum atomic E-state index is -0.190. The Bertz CT molecular complexity index is 555. The Hall–Kier alpha value is -0.710. The molecule has 19 heavy (non-hydrogen) atoms. The van der Waals surface area contributed by atoms with Gasteiger partial charge in [0.25, 0.3) is 0 Å². The van der Waals surface area contributed by atoms with Crippen LogP contribution in [0.5, 0.6) is 0 Å². The molecule has 0 unspecified atom stereocenters. The zero-order chi connectivity index (χ0) is 13.8. The maximum atomic E-state index is 13.7. The summed E-state index contributed by atoms with van der Waals surface area (Å²) in [5.41, 5.74) is 1.85. The Kier molecular flexibility index (Phi) is 5.13. The molecule has 0 aromatic heterocycles. The number of halogens is 3. The Morgan fingerprint density at radius 1 is 1.05 bits per heavy atom. The average molecular weight is 387 g/mol. The summed E-state index contributed by atoms with van der Waals surface area (Å²) in [6.45, 7) is 2.58. The van der Waals surface area contributed by atoms with E-state index >= 15 is 0 Å². The van der Waals surface area contributed by atoms with Crippen molar-refractivity contribution in [2.24, 2.45) is 0 Å². The van der Waals surface area contributed by atoms with Gasteiger partial charge < -0.3 is 5.32 Å². The molecular weight excluding hydrogens is 373 g/mol. The standard InChI is InChI=1S/C15H14Br2FN/c1-10(11-2-5-13(16)6-3-11)19-9-12-4-7-14(17)8-15(12)18/h2-8,10,19H,9H2,1H3/t10-/m1/s1. The first-order valence-corrected chi connectivity index (χ1v) is 7.57. The van der Waals surface area contributed by atoms with Crippen LogP contribution in [0.1, 0.15) is 24.1 Å². The molecule has 0 heterocycles. The van der Waals surface area contributed by atoms with E-state index in [0.717, 1.165) is 8.95 Å². The first kappa shape index (κ1) is 14.7. The maximum Gasteiger partial charge on any atom is 0.128 e. The molecule has 0 saturated heterocycles. The van der Waals surface area contributed by atoms with Crippen molar-refractivity contribution in [1.29, 1.82) is 0 Å². The van der Waals surface area contributed by atoms with Gasteiger partial charge in [0.1, 0.15) is 5.82 Å². The fourth-order valence-corrected chi connectivity index (χ4v) is 2.39. The van der Waals surface area contributed by atoms with Gasteiger partial charge in [0, 0.05) is 27.1 Å². The molecule has 1 N–H and O–H groups in total. The summed E-state index contributed by atoms with van der Waals surface area (Å²) in [4.78, 5) is 0. The molecule has 100 valence electrons. The molecule has 0 aliphatic carbocycles. The monoisotopic (exact) mass is 385 g/mol. The van der Waals surface area contributed by atoms with E-state index in [-0.39, 0.29) is 11.9 Å². The van der Waals surface area contributed by atoms with Gasteiger partial charge in [0.15, 0.2) is 0 Å². The van der Waals surface area contributed by atoms with E-state index in [9.17, 15) is 4.39 Å². The summed E-state index contributed by atoms with van der Waals surface area (Å²) in [5, 5.41) is 3.32. The number of rotatable bonds is 4. The van der Waals surface area contributed by atoms with E-state index in [2.05, 4.69) is 56.2 Å². The highest BCUT2D eigenvalue weighted by Gasteiger charge is 2.07. The highest BCUT2D eigenvalue weighted by atomic mass is 79.9. The van der Waals surface area contributed by atoms with Gasteiger partial charge >= 0.3 is 0 Å². The predicted octanol–water partition coefficient (Wildman–Crippen LogP) is 5.20. The Balaban J connectivity index is 2.00. The molecule has 2 aromatic rings. The lowest BCUT2D eigenvalue weighted by Crippen LogP contribution is -2.18. The van der Waals surface area contributed by atoms with Crippen molar-refractivity contribution < 1.29 is 4.39 Å². The third-order valence-corrected chi connectivity index (χ3v) is 4.01. The Labute approximate surface area is 129 Å². The molecule has 0 bridgehead atoms. The summed E-state index contributed by atoms with van der Waals surface area (Å²) < 4.78 is 15.5. The second-order valence-corrected chi connectivity index (χ2v) is 6.22. The van der Waals surface area contributed by atoms with E-state index in [1.165, 1.54) is 11.6 Å². The smallest absolute Gasteiger partial charge is 0.128 e. The number of hydrogen-bond acceptors (Lipinski definition) is 1. The largest absolute Gasteiger partial charge is 0.306 e. The zero-order valence-electron chi connectivity index (χ0n) is 10.5. The van der Waals surface area contributed by atoms with Crippen molar-refractivity contribution in [3.8, 4) is 0 Å². The molecule has 0 aliphatic heterocycles. The number of nitrogens with one attached hydrogen (secondary N) is 1. The summed E-state index contributed by atoms with van der Waals surface area (Å²) in [6.07, 6.45) is 0. The van der Waals surface area contributed by atoms with Gasteiger partial charge in [-0.2, -0.15) is 0 Å². The lowest BCUT2D eigenvalue weighted by Gasteiger charge is -2.15. The van der Waals surface area contributed by atoms with E-state index < -0.39 is 0 Å². The van der Waals surface area contributed by atoms with Gasteiger partial charge in [-0.05, 0) is 36.8 Å². The van der Waals surface area contributed by atoms with Crippen LogP contribution in [0.25, 0.3) is 0 Å². The molecule has 0 spiro atoms. The fourth-order valence-electron chi connectivity index (χ4n) is 1.80. The van der Waals surface area contributed by atoms with Crippen molar-refractivity contribution in [3.05, 3.63) is 68.4 Å². The lowest BCUT2D eigenvalue weighted by molar-refractivity contribution is 0.544. The second-order valence-electron chi connectivity index (χ2n) is 4.39. The van der Waals surface area contributed by atoms with Gasteiger partial charge in [-0.25, -0.2) is 4.39 Å². The molecule has 0 amide bonds. The Morgan fingerprint density at radius 3 is 2.32 bits per heavy atom. The van der Waals surface area contributed by atoms with Gasteiger partial charge in [0.05, 0.1) is 0 Å². The van der Waals surface area contributed by atoms with Crippen molar-refractivity contribution in [1.82, 2.24) is 5.32 Å². The summed E-state index contributed by atoms with van der Waals surface area (Å²) in [7, 11) is 0. The topological polar surface area (TPSA) is 12.0 Å². The Morgan fingerprint density at radius 2 is 1.68 bits per heavy atom. The third-order valence-electron chi connectivity index (χ3n) is 2.98. The molecule has 2 rings (SSSR count). The maximum absolute atomic E-state index is 13.7. The van der Waals surface area contributed by atoms with Crippen molar-refractivity contribution >= 4 is 31.9 Å². The van der Waals surface area contributed by atoms with E-state index in [1.54, 1.807) is 6.07 Å². The fraction of sp³-hybridized carbons (Fsp3) is 0.200. The third kappa shape index (κ3) is 4.13. The van der Waals surface area contributed by atoms with Crippen LogP contribution in [0.15, 0.2) is 51.4 Å². The minimum absolute atomic E-state index is 0.177. The molecule has 2 aromatic carbocycles. The van der Waals surface area contributed by atoms with Crippen LogP contribution in [0.2, 0.25) is 0 Å². The highest BCUT2D eigenvalue weighted by molar-refractivity contribution is 9.10. The first-order chi connectivity index (χ1) is 9.06. The quantitative estimate of drug-likeness (QED) is 0.761. The second kappa shape index (κ2) is 6.64. The molecule has 1 nitrogen and oxygen atoms in total. The molecule has 1 atom stereocenters. The van der Waals surface area contributed by atoms with Crippen LogP contribution in [0, 0.1) is 5.82 Å². The predicted molar refractivity (Wildman–Crippen MR) is 83.5 cm³/mol. The molecule has 4 heteroatoms. The summed E-state index contributed by atoms with van der Waals surface area (Å²) >= 11 is 6.67. The zero-order valence-corrected chi connectivity index (χ0v) is 13.6. The van der Waals surface area contributed by atoms with Crippen LogP contribution in [-0.4, -0.2) is 0 Å². The van der Waals surface area contributed by atoms with Gasteiger partial charge in [-0.3, -0.25) is 0 Å². The summed E-state index contributed by atoms with van der Waals surface area (Å²) in [5.74, 6) is -0.190. The van der Waals surface area contributed by atoms with Gasteiger partial charge in [0.2, 0.25) is 0 Å². The molecule has 0 aliphatic rings. The number of benzene rings is 2. The van der Waals surface area contributed by atoms with E-state index in [4.69, 9.17) is 0 Å². The van der Waals surface area contributed by atoms with Crippen molar-refractivity contribution in [2.75, 3.05) is 0 Å². The first-order valence-electron chi connectivity index (χ1n) is 5.99. The highest BCUT2D eigenvalue weighted by Crippen LogP contribution is 2.19. The van der Waals surface area contributed by atoms with Crippen LogP contribution in [-0.2, 0) is 6.54 Å². The molecule has 0 saturated carbocycles. The van der Waals surface area contributed by atoms with Crippen LogP contribution >= 0.6 is 31.9 Å². The number of hydrogen-bond donors (Lipinski definition) is 1. The normalized spacial score (nSPS) is 12.4. The summed E-state index contributed by atoms with van der Waals surface area (Å²) in [6, 6.07) is 13.4. The van der Waals surface area contributed by atoms with Crippen LogP contribution < -0.4 is 5.32 Å². The van der Waals surface area contributed by atoms with E-state index in [0.29, 0.717) is 12.1 Å². The SMILES string of the molecule is C[C@@H](NCc1ccc(Br)cc1F)c1ccc(Br)cc1. The van der Waals surface area contributed by atoms with Crippen molar-refractivity contribution in [3.63, 3.8) is 0 Å². The van der Waals surface area contributed by atoms with Gasteiger partial charge in [-0.15, -0.1) is 0 Å². The van der Waals surface area contributed by atoms with Crippen LogP contribution in [0.4, 0.5) is 4.39 Å². The van der Waals surface area contributed by atoms with Crippen LogP contribution in [0.3, 0.4) is 0 Å². The minimum Gasteiger partial charge on any atom is -0.306 e. The molecular formula is C15H14Br2FN. The molecule has 0 radical (unpaired) electrons. The van der Waals surface area contributed by atoms with Gasteiger partial charge in [-0.1, -0.05) is 50.1 Å². The lowest BCUT2D eigenvalue weighted by atomic mass is 10.1. The molecule has 0 fully saturated rings. The van der Waals surface area contributed by atoms with Crippen molar-refractivity contribution in [2.45, 2.75) is 19.5 Å².